The lowest BCUT2D eigenvalue weighted by Crippen LogP contribution is -2.23. The van der Waals surface area contributed by atoms with Crippen LogP contribution in [0.15, 0.2) is 42.7 Å². The van der Waals surface area contributed by atoms with Crippen molar-refractivity contribution in [2.24, 2.45) is 0 Å². The van der Waals surface area contributed by atoms with Crippen molar-refractivity contribution in [3.05, 3.63) is 48.3 Å². The van der Waals surface area contributed by atoms with Gasteiger partial charge in [0.15, 0.2) is 11.5 Å². The molecule has 0 radical (unpaired) electrons. The second-order valence-corrected chi connectivity index (χ2v) is 5.93. The summed E-state index contributed by atoms with van der Waals surface area (Å²) in [7, 11) is 1.49. The minimum absolute atomic E-state index is 0.0253. The first-order valence-corrected chi connectivity index (χ1v) is 8.13. The van der Waals surface area contributed by atoms with E-state index in [2.05, 4.69) is 20.6 Å². The summed E-state index contributed by atoms with van der Waals surface area (Å²) in [6.07, 6.45) is 1.45. The Morgan fingerprint density at radius 3 is 2.58 bits per heavy atom. The van der Waals surface area contributed by atoms with Crippen LogP contribution in [0.4, 0.5) is 11.5 Å². The minimum atomic E-state index is -0.0672. The second kappa shape index (κ2) is 7.26. The molecule has 0 saturated heterocycles. The lowest BCUT2D eigenvalue weighted by molar-refractivity contribution is -0.119. The number of nitrogens with one attached hydrogen (secondary N) is 2. The van der Waals surface area contributed by atoms with E-state index in [1.807, 2.05) is 31.2 Å². The van der Waals surface area contributed by atoms with Gasteiger partial charge in [0, 0.05) is 24.1 Å². The number of phenolic OH excluding ortho intramolecular Hbond substituents is 1. The normalized spacial score (nSPS) is 11.8. The summed E-state index contributed by atoms with van der Waals surface area (Å²) in [6.45, 7) is 3.43. The highest BCUT2D eigenvalue weighted by molar-refractivity contribution is 5.92. The van der Waals surface area contributed by atoms with Gasteiger partial charge in [0.1, 0.15) is 12.1 Å². The maximum atomic E-state index is 11.2. The molecular weight excluding hydrogens is 332 g/mol. The first kappa shape index (κ1) is 17.5. The molecule has 26 heavy (non-hydrogen) atoms. The zero-order chi connectivity index (χ0) is 18.7. The molecule has 0 saturated carbocycles. The number of fused-ring (bicyclic) bond motifs is 1. The van der Waals surface area contributed by atoms with Crippen LogP contribution in [0, 0.1) is 0 Å². The molecule has 3 aromatic rings. The van der Waals surface area contributed by atoms with E-state index < -0.39 is 0 Å². The van der Waals surface area contributed by atoms with Crippen LogP contribution in [0.3, 0.4) is 0 Å². The number of rotatable bonds is 5. The molecule has 134 valence electrons. The zero-order valence-corrected chi connectivity index (χ0v) is 14.8. The first-order chi connectivity index (χ1) is 12.5. The predicted molar refractivity (Wildman–Crippen MR) is 99.7 cm³/mol. The molecule has 7 heteroatoms. The highest BCUT2D eigenvalue weighted by Gasteiger charge is 2.11. The summed E-state index contributed by atoms with van der Waals surface area (Å²) >= 11 is 0. The van der Waals surface area contributed by atoms with E-state index in [9.17, 15) is 9.90 Å². The number of hydrogen-bond donors (Lipinski definition) is 3. The van der Waals surface area contributed by atoms with Crippen molar-refractivity contribution in [3.63, 3.8) is 0 Å². The van der Waals surface area contributed by atoms with Gasteiger partial charge in [0.05, 0.1) is 18.7 Å². The van der Waals surface area contributed by atoms with E-state index in [1.54, 1.807) is 12.1 Å². The van der Waals surface area contributed by atoms with Crippen LogP contribution < -0.4 is 15.4 Å². The van der Waals surface area contributed by atoms with Gasteiger partial charge in [-0.2, -0.15) is 0 Å². The average Bonchev–Trinajstić information content (AvgIpc) is 2.62. The molecule has 3 N–H and O–H groups in total. The van der Waals surface area contributed by atoms with Crippen LogP contribution in [0.5, 0.6) is 11.5 Å². The van der Waals surface area contributed by atoms with Gasteiger partial charge in [0.25, 0.3) is 0 Å². The van der Waals surface area contributed by atoms with E-state index in [0.29, 0.717) is 22.5 Å². The molecule has 1 aromatic heterocycles. The van der Waals surface area contributed by atoms with Crippen molar-refractivity contribution >= 4 is 28.3 Å². The van der Waals surface area contributed by atoms with Crippen LogP contribution in [-0.4, -0.2) is 28.1 Å². The van der Waals surface area contributed by atoms with E-state index in [0.717, 1.165) is 11.3 Å². The average molecular weight is 352 g/mol. The molecule has 1 amide bonds. The summed E-state index contributed by atoms with van der Waals surface area (Å²) in [5, 5.41) is 16.8. The van der Waals surface area contributed by atoms with Gasteiger partial charge in [-0.1, -0.05) is 12.1 Å². The van der Waals surface area contributed by atoms with Gasteiger partial charge in [-0.15, -0.1) is 0 Å². The van der Waals surface area contributed by atoms with Gasteiger partial charge in [-0.05, 0) is 30.7 Å². The predicted octanol–water partition coefficient (Wildman–Crippen LogP) is 3.28. The van der Waals surface area contributed by atoms with Gasteiger partial charge in [-0.3, -0.25) is 4.79 Å². The summed E-state index contributed by atoms with van der Waals surface area (Å²) in [4.78, 5) is 19.6. The number of amides is 1. The van der Waals surface area contributed by atoms with Crippen molar-refractivity contribution in [1.29, 1.82) is 0 Å². The summed E-state index contributed by atoms with van der Waals surface area (Å²) in [5.74, 6) is 0.897. The quantitative estimate of drug-likeness (QED) is 0.652. The second-order valence-electron chi connectivity index (χ2n) is 5.93. The van der Waals surface area contributed by atoms with Crippen LogP contribution in [0.2, 0.25) is 0 Å². The Morgan fingerprint density at radius 2 is 1.92 bits per heavy atom. The number of carbonyl (C=O) groups excluding carboxylic acids is 1. The molecule has 7 nitrogen and oxygen atoms in total. The minimum Gasteiger partial charge on any atom is -0.504 e. The maximum absolute atomic E-state index is 11.2. The fourth-order valence-electron chi connectivity index (χ4n) is 2.72. The molecule has 1 heterocycles. The van der Waals surface area contributed by atoms with Crippen LogP contribution in [0.1, 0.15) is 25.5 Å². The molecule has 0 fully saturated rings. The highest BCUT2D eigenvalue weighted by atomic mass is 16.5. The smallest absolute Gasteiger partial charge is 0.217 e. The van der Waals surface area contributed by atoms with Gasteiger partial charge >= 0.3 is 0 Å². The molecule has 3 rings (SSSR count). The Kier molecular flexibility index (Phi) is 4.88. The Morgan fingerprint density at radius 1 is 1.19 bits per heavy atom. The lowest BCUT2D eigenvalue weighted by atomic mass is 10.1. The number of benzene rings is 2. The number of hydrogen-bond acceptors (Lipinski definition) is 6. The lowest BCUT2D eigenvalue weighted by Gasteiger charge is -2.14. The Hall–Kier alpha value is -3.35. The molecule has 0 aliphatic carbocycles. The van der Waals surface area contributed by atoms with Gasteiger partial charge < -0.3 is 20.5 Å². The van der Waals surface area contributed by atoms with Crippen LogP contribution in [-0.2, 0) is 4.79 Å². The third kappa shape index (κ3) is 3.66. The molecular formula is C19H20N4O3. The molecule has 2 aromatic carbocycles. The molecule has 0 spiro atoms. The highest BCUT2D eigenvalue weighted by Crippen LogP contribution is 2.33. The number of phenols is 1. The number of aromatic hydroxyl groups is 1. The Labute approximate surface area is 151 Å². The Balaban J connectivity index is 1.87. The van der Waals surface area contributed by atoms with Crippen molar-refractivity contribution < 1.29 is 14.6 Å². The first-order valence-electron chi connectivity index (χ1n) is 8.13. The maximum Gasteiger partial charge on any atom is 0.217 e. The zero-order valence-electron chi connectivity index (χ0n) is 14.8. The van der Waals surface area contributed by atoms with Crippen LogP contribution >= 0.6 is 0 Å². The van der Waals surface area contributed by atoms with Gasteiger partial charge in [0.2, 0.25) is 5.91 Å². The Bertz CT molecular complexity index is 941. The number of carbonyl (C=O) groups is 1. The molecule has 0 aliphatic rings. The number of aromatic nitrogens is 2. The summed E-state index contributed by atoms with van der Waals surface area (Å²) in [6, 6.07) is 10.9. The topological polar surface area (TPSA) is 96.4 Å². The van der Waals surface area contributed by atoms with Crippen molar-refractivity contribution in [3.8, 4) is 11.5 Å². The van der Waals surface area contributed by atoms with Crippen molar-refractivity contribution in [2.75, 3.05) is 12.4 Å². The van der Waals surface area contributed by atoms with E-state index >= 15 is 0 Å². The summed E-state index contributed by atoms with van der Waals surface area (Å²) in [5.41, 5.74) is 2.49. The van der Waals surface area contributed by atoms with E-state index in [4.69, 9.17) is 4.74 Å². The molecule has 0 aliphatic heterocycles. The standard InChI is InChI=1S/C19H20N4O3/c1-11(22-12(2)24)13-4-6-14(7-5-13)23-19-15-8-17(25)18(26-3)9-16(15)20-10-21-19/h4-11,25H,1-3H3,(H,22,24)(H,20,21,23)/t11-/m0/s1. The SMILES string of the molecule is COc1cc2ncnc(Nc3ccc([C@H](C)NC(C)=O)cc3)c2cc1O. The number of ether oxygens (including phenoxy) is 1. The van der Waals surface area contributed by atoms with E-state index in [-0.39, 0.29) is 17.7 Å². The molecule has 0 unspecified atom stereocenters. The van der Waals surface area contributed by atoms with Crippen LogP contribution in [0.25, 0.3) is 10.9 Å². The fraction of sp³-hybridized carbons (Fsp3) is 0.211. The van der Waals surface area contributed by atoms with Gasteiger partial charge in [-0.25, -0.2) is 9.97 Å². The van der Waals surface area contributed by atoms with Crippen molar-refractivity contribution in [2.45, 2.75) is 19.9 Å². The fourth-order valence-corrected chi connectivity index (χ4v) is 2.72. The number of methoxy groups -OCH3 is 1. The molecule has 1 atom stereocenters. The van der Waals surface area contributed by atoms with Crippen molar-refractivity contribution in [1.82, 2.24) is 15.3 Å². The third-order valence-corrected chi connectivity index (χ3v) is 4.03. The number of anilines is 2. The van der Waals surface area contributed by atoms with E-state index in [1.165, 1.54) is 20.4 Å². The molecule has 0 bridgehead atoms. The monoisotopic (exact) mass is 352 g/mol. The number of nitrogens with zero attached hydrogens (tertiary/aromatic N) is 2. The summed E-state index contributed by atoms with van der Waals surface area (Å²) < 4.78 is 5.11. The third-order valence-electron chi connectivity index (χ3n) is 4.03. The largest absolute Gasteiger partial charge is 0.504 e.